The van der Waals surface area contributed by atoms with Gasteiger partial charge in [0, 0.05) is 5.75 Å². The first-order chi connectivity index (χ1) is 6.34. The predicted octanol–water partition coefficient (Wildman–Crippen LogP) is 3.67. The van der Waals surface area contributed by atoms with Gasteiger partial charge in [0.05, 0.1) is 5.69 Å². The van der Waals surface area contributed by atoms with E-state index in [1.54, 1.807) is 23.5 Å². The summed E-state index contributed by atoms with van der Waals surface area (Å²) in [5, 5.41) is 0. The van der Waals surface area contributed by atoms with Crippen LogP contribution in [-0.2, 0) is 0 Å². The molecule has 0 atom stereocenters. The zero-order valence-electron chi connectivity index (χ0n) is 7.06. The molecule has 1 fully saturated rings. The minimum Gasteiger partial charge on any atom is -0.235 e. The number of aliphatic imine (C=N–C) groups is 1. The fourth-order valence-corrected chi connectivity index (χ4v) is 3.02. The van der Waals surface area contributed by atoms with Gasteiger partial charge in [-0.3, -0.25) is 0 Å². The van der Waals surface area contributed by atoms with E-state index < -0.39 is 0 Å². The number of benzene rings is 1. The fourth-order valence-electron chi connectivity index (χ4n) is 0.988. The second-order valence-corrected chi connectivity index (χ2v) is 5.03. The highest BCUT2D eigenvalue weighted by molar-refractivity contribution is 8.43. The van der Waals surface area contributed by atoms with E-state index in [0.29, 0.717) is 0 Å². The van der Waals surface area contributed by atoms with Gasteiger partial charge in [0.25, 0.3) is 0 Å². The number of rotatable bonds is 1. The van der Waals surface area contributed by atoms with Crippen LogP contribution in [0.5, 0.6) is 0 Å². The van der Waals surface area contributed by atoms with Gasteiger partial charge in [-0.2, -0.15) is 0 Å². The molecule has 0 bridgehead atoms. The molecule has 1 heterocycles. The van der Waals surface area contributed by atoms with Crippen molar-refractivity contribution in [3.63, 3.8) is 0 Å². The van der Waals surface area contributed by atoms with Crippen LogP contribution in [0.1, 0.15) is 0 Å². The summed E-state index contributed by atoms with van der Waals surface area (Å²) < 4.78 is 1.11. The molecule has 66 valence electrons. The molecule has 0 unspecified atom stereocenters. The lowest BCUT2D eigenvalue weighted by atomic mass is 10.3. The minimum absolute atomic E-state index is 0.996. The lowest BCUT2D eigenvalue weighted by Crippen LogP contribution is -1.74. The van der Waals surface area contributed by atoms with Crippen molar-refractivity contribution in [1.29, 1.82) is 0 Å². The lowest BCUT2D eigenvalue weighted by Gasteiger charge is -1.93. The second kappa shape index (κ2) is 4.03. The molecule has 0 spiro atoms. The standard InChI is InChI=1S/C10H9NS2/c1-8-7-12-10(13-8)11-9-5-3-2-4-6-9/h2-6H,1,7H2. The summed E-state index contributed by atoms with van der Waals surface area (Å²) in [4.78, 5) is 5.68. The average molecular weight is 207 g/mol. The highest BCUT2D eigenvalue weighted by atomic mass is 32.2. The van der Waals surface area contributed by atoms with Crippen LogP contribution in [-0.4, -0.2) is 10.1 Å². The molecule has 0 N–H and O–H groups in total. The summed E-state index contributed by atoms with van der Waals surface area (Å²) in [6, 6.07) is 10.0. The maximum Gasteiger partial charge on any atom is 0.135 e. The highest BCUT2D eigenvalue weighted by Crippen LogP contribution is 2.36. The van der Waals surface area contributed by atoms with Crippen LogP contribution in [0.2, 0.25) is 0 Å². The van der Waals surface area contributed by atoms with E-state index >= 15 is 0 Å². The van der Waals surface area contributed by atoms with Crippen LogP contribution < -0.4 is 0 Å². The smallest absolute Gasteiger partial charge is 0.135 e. The Morgan fingerprint density at radius 1 is 1.23 bits per heavy atom. The van der Waals surface area contributed by atoms with E-state index in [4.69, 9.17) is 0 Å². The third-order valence-electron chi connectivity index (χ3n) is 1.56. The third-order valence-corrected chi connectivity index (χ3v) is 3.88. The Kier molecular flexibility index (Phi) is 2.76. The molecule has 0 amide bonds. The van der Waals surface area contributed by atoms with Gasteiger partial charge in [0.15, 0.2) is 0 Å². The van der Waals surface area contributed by atoms with Crippen LogP contribution in [0.15, 0.2) is 46.8 Å². The first-order valence-electron chi connectivity index (χ1n) is 3.97. The van der Waals surface area contributed by atoms with Gasteiger partial charge in [-0.1, -0.05) is 48.3 Å². The van der Waals surface area contributed by atoms with Crippen molar-refractivity contribution < 1.29 is 0 Å². The molecule has 3 heteroatoms. The maximum atomic E-state index is 4.49. The summed E-state index contributed by atoms with van der Waals surface area (Å²) >= 11 is 3.44. The topological polar surface area (TPSA) is 12.4 Å². The number of hydrogen-bond acceptors (Lipinski definition) is 3. The quantitative estimate of drug-likeness (QED) is 0.696. The van der Waals surface area contributed by atoms with Crippen molar-refractivity contribution in [2.45, 2.75) is 0 Å². The van der Waals surface area contributed by atoms with Crippen molar-refractivity contribution in [3.8, 4) is 0 Å². The van der Waals surface area contributed by atoms with Crippen molar-refractivity contribution in [1.82, 2.24) is 0 Å². The van der Waals surface area contributed by atoms with Crippen LogP contribution >= 0.6 is 23.5 Å². The van der Waals surface area contributed by atoms with E-state index in [9.17, 15) is 0 Å². The van der Waals surface area contributed by atoms with E-state index in [1.807, 2.05) is 30.3 Å². The lowest BCUT2D eigenvalue weighted by molar-refractivity contribution is 1.55. The van der Waals surface area contributed by atoms with Gasteiger partial charge in [-0.25, -0.2) is 4.99 Å². The molecule has 1 aliphatic heterocycles. The van der Waals surface area contributed by atoms with E-state index in [2.05, 4.69) is 11.6 Å². The Bertz CT molecular complexity index is 343. The molecule has 0 aliphatic carbocycles. The first-order valence-corrected chi connectivity index (χ1v) is 5.77. The fraction of sp³-hybridized carbons (Fsp3) is 0.100. The molecule has 0 aromatic heterocycles. The van der Waals surface area contributed by atoms with Crippen molar-refractivity contribution >= 4 is 33.6 Å². The SMILES string of the molecule is C=C1CSC(=Nc2ccccc2)S1. The normalized spacial score (nSPS) is 19.7. The second-order valence-electron chi connectivity index (χ2n) is 2.64. The van der Waals surface area contributed by atoms with Crippen LogP contribution in [0.4, 0.5) is 5.69 Å². The summed E-state index contributed by atoms with van der Waals surface area (Å²) in [7, 11) is 0. The Morgan fingerprint density at radius 2 is 2.00 bits per heavy atom. The number of nitrogens with zero attached hydrogens (tertiary/aromatic N) is 1. The maximum absolute atomic E-state index is 4.49. The van der Waals surface area contributed by atoms with Crippen LogP contribution in [0, 0.1) is 0 Å². The Labute approximate surface area is 86.3 Å². The summed E-state index contributed by atoms with van der Waals surface area (Å²) in [5.41, 5.74) is 1.02. The highest BCUT2D eigenvalue weighted by Gasteiger charge is 2.13. The van der Waals surface area contributed by atoms with Crippen LogP contribution in [0.3, 0.4) is 0 Å². The number of para-hydroxylation sites is 1. The average Bonchev–Trinajstić information content (AvgIpc) is 2.53. The molecule has 0 saturated carbocycles. The van der Waals surface area contributed by atoms with E-state index in [1.165, 1.54) is 4.91 Å². The molecule has 13 heavy (non-hydrogen) atoms. The van der Waals surface area contributed by atoms with Crippen molar-refractivity contribution in [3.05, 3.63) is 41.8 Å². The van der Waals surface area contributed by atoms with E-state index in [0.717, 1.165) is 15.8 Å². The Morgan fingerprint density at radius 3 is 2.62 bits per heavy atom. The molecule has 1 aliphatic rings. The minimum atomic E-state index is 0.996. The van der Waals surface area contributed by atoms with Gasteiger partial charge in [-0.05, 0) is 17.0 Å². The zero-order chi connectivity index (χ0) is 9.10. The summed E-state index contributed by atoms with van der Waals surface area (Å²) in [5.74, 6) is 0.996. The zero-order valence-corrected chi connectivity index (χ0v) is 8.70. The Balaban J connectivity index is 2.17. The number of thioether (sulfide) groups is 2. The Hall–Kier alpha value is -0.670. The molecule has 1 nitrogen and oxygen atoms in total. The molecule has 0 radical (unpaired) electrons. The van der Waals surface area contributed by atoms with Gasteiger partial charge in [0.1, 0.15) is 4.38 Å². The van der Waals surface area contributed by atoms with Crippen LogP contribution in [0.25, 0.3) is 0 Å². The molecular weight excluding hydrogens is 198 g/mol. The number of hydrogen-bond donors (Lipinski definition) is 0. The van der Waals surface area contributed by atoms with E-state index in [-0.39, 0.29) is 0 Å². The van der Waals surface area contributed by atoms with Gasteiger partial charge < -0.3 is 0 Å². The molecule has 1 aromatic rings. The largest absolute Gasteiger partial charge is 0.235 e. The first kappa shape index (κ1) is 8.91. The molecule has 1 aromatic carbocycles. The van der Waals surface area contributed by atoms with Crippen molar-refractivity contribution in [2.75, 3.05) is 5.75 Å². The third kappa shape index (κ3) is 2.39. The predicted molar refractivity (Wildman–Crippen MR) is 62.7 cm³/mol. The molecular formula is C10H9NS2. The monoisotopic (exact) mass is 207 g/mol. The summed E-state index contributed by atoms with van der Waals surface area (Å²) in [6.07, 6.45) is 0. The summed E-state index contributed by atoms with van der Waals surface area (Å²) in [6.45, 7) is 3.91. The van der Waals surface area contributed by atoms with Crippen molar-refractivity contribution in [2.24, 2.45) is 4.99 Å². The molecule has 1 saturated heterocycles. The van der Waals surface area contributed by atoms with Gasteiger partial charge >= 0.3 is 0 Å². The molecule has 2 rings (SSSR count). The van der Waals surface area contributed by atoms with Gasteiger partial charge in [0.2, 0.25) is 0 Å². The van der Waals surface area contributed by atoms with Gasteiger partial charge in [-0.15, -0.1) is 0 Å².